The summed E-state index contributed by atoms with van der Waals surface area (Å²) >= 11 is 0. The van der Waals surface area contributed by atoms with E-state index in [0.717, 1.165) is 5.69 Å². The van der Waals surface area contributed by atoms with Gasteiger partial charge in [-0.05, 0) is 30.7 Å². The minimum atomic E-state index is -0.0258. The van der Waals surface area contributed by atoms with Crippen LogP contribution in [-0.4, -0.2) is 19.0 Å². The van der Waals surface area contributed by atoms with Crippen LogP contribution in [0.4, 0.5) is 11.4 Å². The Hall–Kier alpha value is -1.51. The fourth-order valence-corrected chi connectivity index (χ4v) is 2.56. The summed E-state index contributed by atoms with van der Waals surface area (Å²) < 4.78 is 0. The normalized spacial score (nSPS) is 21.2. The van der Waals surface area contributed by atoms with Crippen LogP contribution in [0.2, 0.25) is 0 Å². The maximum Gasteiger partial charge on any atom is 0.221 e. The summed E-state index contributed by atoms with van der Waals surface area (Å²) in [6, 6.07) is 6.61. The van der Waals surface area contributed by atoms with Gasteiger partial charge in [0.2, 0.25) is 5.91 Å². The Morgan fingerprint density at radius 1 is 1.41 bits per heavy atom. The molecule has 0 aromatic heterocycles. The van der Waals surface area contributed by atoms with Crippen molar-refractivity contribution in [2.75, 3.05) is 17.3 Å². The second kappa shape index (κ2) is 3.76. The van der Waals surface area contributed by atoms with Crippen LogP contribution in [0.3, 0.4) is 0 Å². The maximum absolute atomic E-state index is 11.1. The third kappa shape index (κ3) is 1.79. The minimum Gasteiger partial charge on any atom is -0.371 e. The molecule has 3 nitrogen and oxygen atoms in total. The Kier molecular flexibility index (Phi) is 2.64. The highest BCUT2D eigenvalue weighted by atomic mass is 16.1. The van der Waals surface area contributed by atoms with Crippen molar-refractivity contribution < 1.29 is 4.79 Å². The number of hydrogen-bond donors (Lipinski definition) is 1. The summed E-state index contributed by atoms with van der Waals surface area (Å²) in [5, 5.41) is 2.84. The maximum atomic E-state index is 11.1. The van der Waals surface area contributed by atoms with E-state index < -0.39 is 0 Å². The number of rotatable bonds is 1. The van der Waals surface area contributed by atoms with E-state index in [0.29, 0.717) is 6.04 Å². The second-order valence-corrected chi connectivity index (χ2v) is 5.42. The largest absolute Gasteiger partial charge is 0.371 e. The molecule has 0 saturated heterocycles. The minimum absolute atomic E-state index is 0.0258. The molecule has 0 fully saturated rings. The van der Waals surface area contributed by atoms with E-state index >= 15 is 0 Å². The van der Waals surface area contributed by atoms with Crippen LogP contribution < -0.4 is 10.2 Å². The zero-order chi connectivity index (χ0) is 12.8. The molecule has 92 valence electrons. The van der Waals surface area contributed by atoms with Crippen LogP contribution >= 0.6 is 0 Å². The number of nitrogens with one attached hydrogen (secondary N) is 1. The van der Waals surface area contributed by atoms with Crippen molar-refractivity contribution in [3.8, 4) is 0 Å². The molecular weight excluding hydrogens is 212 g/mol. The van der Waals surface area contributed by atoms with E-state index in [1.165, 1.54) is 18.2 Å². The van der Waals surface area contributed by atoms with Gasteiger partial charge in [0.1, 0.15) is 0 Å². The molecule has 0 aliphatic carbocycles. The van der Waals surface area contributed by atoms with E-state index in [9.17, 15) is 4.79 Å². The zero-order valence-corrected chi connectivity index (χ0v) is 11.2. The summed E-state index contributed by atoms with van der Waals surface area (Å²) in [6.07, 6.45) is 0. The Bertz CT molecular complexity index is 465. The number of carbonyl (C=O) groups is 1. The van der Waals surface area contributed by atoms with Crippen LogP contribution in [0, 0.1) is 0 Å². The molecule has 2 rings (SSSR count). The number of fused-ring (bicyclic) bond motifs is 1. The number of nitrogens with zero attached hydrogens (tertiary/aromatic N) is 1. The van der Waals surface area contributed by atoms with Gasteiger partial charge in [0.05, 0.1) is 0 Å². The van der Waals surface area contributed by atoms with Gasteiger partial charge >= 0.3 is 0 Å². The highest BCUT2D eigenvalue weighted by Crippen LogP contribution is 2.45. The van der Waals surface area contributed by atoms with Gasteiger partial charge in [-0.15, -0.1) is 0 Å². The average molecular weight is 232 g/mol. The van der Waals surface area contributed by atoms with Crippen LogP contribution in [0.1, 0.15) is 33.3 Å². The van der Waals surface area contributed by atoms with Gasteiger partial charge in [-0.2, -0.15) is 0 Å². The Morgan fingerprint density at radius 2 is 2.06 bits per heavy atom. The number of anilines is 2. The van der Waals surface area contributed by atoms with Crippen LogP contribution in [0.5, 0.6) is 0 Å². The van der Waals surface area contributed by atoms with Gasteiger partial charge in [-0.1, -0.05) is 13.8 Å². The van der Waals surface area contributed by atoms with Crippen molar-refractivity contribution in [1.29, 1.82) is 0 Å². The first kappa shape index (κ1) is 12.0. The molecule has 1 aromatic rings. The lowest BCUT2D eigenvalue weighted by atomic mass is 9.81. The van der Waals surface area contributed by atoms with E-state index in [2.05, 4.69) is 50.2 Å². The zero-order valence-electron chi connectivity index (χ0n) is 11.2. The van der Waals surface area contributed by atoms with Gasteiger partial charge in [0.15, 0.2) is 0 Å². The molecule has 0 unspecified atom stereocenters. The highest BCUT2D eigenvalue weighted by molar-refractivity contribution is 5.89. The third-order valence-corrected chi connectivity index (χ3v) is 4.02. The molecule has 0 radical (unpaired) electrons. The lowest BCUT2D eigenvalue weighted by Gasteiger charge is -2.28. The Morgan fingerprint density at radius 3 is 2.65 bits per heavy atom. The van der Waals surface area contributed by atoms with Crippen molar-refractivity contribution in [2.24, 2.45) is 0 Å². The fourth-order valence-electron chi connectivity index (χ4n) is 2.56. The molecule has 0 saturated carbocycles. The Labute approximate surface area is 103 Å². The van der Waals surface area contributed by atoms with Crippen LogP contribution in [-0.2, 0) is 10.2 Å². The molecule has 1 aliphatic rings. The van der Waals surface area contributed by atoms with E-state index in [1.807, 2.05) is 6.07 Å². The lowest BCUT2D eigenvalue weighted by molar-refractivity contribution is -0.114. The monoisotopic (exact) mass is 232 g/mol. The van der Waals surface area contributed by atoms with Gasteiger partial charge in [-0.3, -0.25) is 4.79 Å². The topological polar surface area (TPSA) is 32.3 Å². The van der Waals surface area contributed by atoms with Crippen LogP contribution in [0.25, 0.3) is 0 Å². The van der Waals surface area contributed by atoms with Gasteiger partial charge in [-0.25, -0.2) is 0 Å². The standard InChI is InChI=1S/C14H20N2O/c1-9-14(3,4)12-8-11(15-10(2)17)6-7-13(12)16(9)5/h6-9H,1-5H3,(H,15,17)/t9-/m1/s1. The lowest BCUT2D eigenvalue weighted by Crippen LogP contribution is -2.36. The summed E-state index contributed by atoms with van der Waals surface area (Å²) in [5.74, 6) is -0.0258. The number of amides is 1. The SMILES string of the molecule is CC(=O)Nc1ccc2c(c1)C(C)(C)[C@@H](C)N2C. The van der Waals surface area contributed by atoms with Gasteiger partial charge < -0.3 is 10.2 Å². The molecule has 1 aromatic carbocycles. The summed E-state index contributed by atoms with van der Waals surface area (Å²) in [4.78, 5) is 13.4. The first-order valence-electron chi connectivity index (χ1n) is 5.99. The molecule has 1 aliphatic heterocycles. The molecule has 3 heteroatoms. The van der Waals surface area contributed by atoms with Crippen molar-refractivity contribution in [3.63, 3.8) is 0 Å². The summed E-state index contributed by atoms with van der Waals surface area (Å²) in [7, 11) is 2.12. The van der Waals surface area contributed by atoms with E-state index in [-0.39, 0.29) is 11.3 Å². The predicted octanol–water partition coefficient (Wildman–Crippen LogP) is 2.76. The molecule has 1 atom stereocenters. The summed E-state index contributed by atoms with van der Waals surface area (Å²) in [6.45, 7) is 8.26. The first-order chi connectivity index (χ1) is 7.84. The smallest absolute Gasteiger partial charge is 0.221 e. The average Bonchev–Trinajstić information content (AvgIpc) is 2.40. The molecule has 0 bridgehead atoms. The van der Waals surface area contributed by atoms with E-state index in [4.69, 9.17) is 0 Å². The van der Waals surface area contributed by atoms with Crippen LogP contribution in [0.15, 0.2) is 18.2 Å². The summed E-state index contributed by atoms with van der Waals surface area (Å²) in [5.41, 5.74) is 3.56. The number of hydrogen-bond acceptors (Lipinski definition) is 2. The predicted molar refractivity (Wildman–Crippen MR) is 71.6 cm³/mol. The molecule has 17 heavy (non-hydrogen) atoms. The van der Waals surface area contributed by atoms with Crippen molar-refractivity contribution in [1.82, 2.24) is 0 Å². The molecular formula is C14H20N2O. The van der Waals surface area contributed by atoms with Gasteiger partial charge in [0.25, 0.3) is 0 Å². The van der Waals surface area contributed by atoms with Crippen molar-refractivity contribution in [3.05, 3.63) is 23.8 Å². The van der Waals surface area contributed by atoms with Gasteiger partial charge in [0, 0.05) is 36.8 Å². The van der Waals surface area contributed by atoms with Crippen molar-refractivity contribution >= 4 is 17.3 Å². The number of carbonyl (C=O) groups excluding carboxylic acids is 1. The van der Waals surface area contributed by atoms with Crippen molar-refractivity contribution in [2.45, 2.75) is 39.2 Å². The highest BCUT2D eigenvalue weighted by Gasteiger charge is 2.40. The molecule has 1 amide bonds. The molecule has 1 heterocycles. The first-order valence-corrected chi connectivity index (χ1v) is 5.99. The second-order valence-electron chi connectivity index (χ2n) is 5.42. The van der Waals surface area contributed by atoms with E-state index in [1.54, 1.807) is 0 Å². The fraction of sp³-hybridized carbons (Fsp3) is 0.500. The molecule has 1 N–H and O–H groups in total. The quantitative estimate of drug-likeness (QED) is 0.807. The number of benzene rings is 1. The Balaban J connectivity index is 2.46. The number of likely N-dealkylation sites (N-methyl/N-ethyl adjacent to an activating group) is 1. The molecule has 0 spiro atoms. The third-order valence-electron chi connectivity index (χ3n) is 4.02.